The summed E-state index contributed by atoms with van der Waals surface area (Å²) in [6, 6.07) is 0. The Morgan fingerprint density at radius 3 is 1.29 bits per heavy atom. The molecule has 2 rings (SSSR count). The molecule has 0 aliphatic heterocycles. The van der Waals surface area contributed by atoms with Crippen molar-refractivity contribution in [2.75, 3.05) is 13.2 Å². The van der Waals surface area contributed by atoms with Crippen molar-refractivity contribution in [2.24, 2.45) is 0 Å². The highest BCUT2D eigenvalue weighted by Crippen LogP contribution is 2.43. The van der Waals surface area contributed by atoms with Crippen molar-refractivity contribution in [3.8, 4) is 0 Å². The van der Waals surface area contributed by atoms with Crippen LogP contribution in [0.25, 0.3) is 0 Å². The van der Waals surface area contributed by atoms with E-state index in [1.807, 2.05) is 0 Å². The van der Waals surface area contributed by atoms with Gasteiger partial charge in [-0.1, -0.05) is 129 Å². The predicted octanol–water partition coefficient (Wildman–Crippen LogP) is 11.2. The lowest BCUT2D eigenvalue weighted by atomic mass is 9.98. The summed E-state index contributed by atoms with van der Waals surface area (Å²) in [6.07, 6.45) is 28.1. The molecule has 0 aromatic carbocycles. The summed E-state index contributed by atoms with van der Waals surface area (Å²) < 4.78 is 23.1. The van der Waals surface area contributed by atoms with Gasteiger partial charge in [0.1, 0.15) is 0 Å². The Morgan fingerprint density at radius 1 is 0.510 bits per heavy atom. The molecule has 2 fully saturated rings. The van der Waals surface area contributed by atoms with E-state index in [4.69, 9.17) is 48.8 Å². The monoisotopic (exact) mass is 726 g/mol. The van der Waals surface area contributed by atoms with Crippen molar-refractivity contribution in [2.45, 2.75) is 218 Å². The van der Waals surface area contributed by atoms with Crippen LogP contribution in [-0.4, -0.2) is 42.5 Å². The van der Waals surface area contributed by atoms with Gasteiger partial charge in [-0.3, -0.25) is 9.05 Å². The zero-order valence-corrected chi connectivity index (χ0v) is 31.8. The molecule has 292 valence electrons. The number of phosphoric ester groups is 1. The highest BCUT2D eigenvalue weighted by molar-refractivity contribution is 7.47. The van der Waals surface area contributed by atoms with Gasteiger partial charge >= 0.3 is 7.82 Å². The normalized spacial score (nSPS) is 18.8. The molecule has 2 aliphatic carbocycles. The first-order chi connectivity index (χ1) is 24.0. The summed E-state index contributed by atoms with van der Waals surface area (Å²) >= 11 is 0. The second kappa shape index (κ2) is 31.3. The molecule has 13 heteroatoms. The van der Waals surface area contributed by atoms with Gasteiger partial charge in [-0.15, -0.1) is 0 Å². The molecular formula is C36H71O12P. The van der Waals surface area contributed by atoms with E-state index in [2.05, 4.69) is 13.8 Å². The molecular weight excluding hydrogens is 655 g/mol. The van der Waals surface area contributed by atoms with E-state index in [1.165, 1.54) is 64.2 Å². The summed E-state index contributed by atoms with van der Waals surface area (Å²) in [7, 11) is -4.20. The maximum absolute atomic E-state index is 12.5. The second-order valence-electron chi connectivity index (χ2n) is 14.0. The van der Waals surface area contributed by atoms with Gasteiger partial charge < -0.3 is 4.89 Å². The maximum atomic E-state index is 12.5. The van der Waals surface area contributed by atoms with Crippen LogP contribution in [0.15, 0.2) is 0 Å². The molecule has 49 heavy (non-hydrogen) atoms. The van der Waals surface area contributed by atoms with Gasteiger partial charge in [-0.25, -0.2) is 24.1 Å². The van der Waals surface area contributed by atoms with E-state index in [0.29, 0.717) is 25.7 Å². The van der Waals surface area contributed by atoms with Crippen LogP contribution < -0.4 is 0 Å². The molecule has 0 radical (unpaired) electrons. The van der Waals surface area contributed by atoms with Crippen LogP contribution in [0, 0.1) is 0 Å². The molecule has 12 nitrogen and oxygen atoms in total. The summed E-state index contributed by atoms with van der Waals surface area (Å²) in [5, 5.41) is 19.7. The fourth-order valence-electron chi connectivity index (χ4n) is 6.41. The van der Waals surface area contributed by atoms with Gasteiger partial charge in [0.2, 0.25) is 0 Å². The van der Waals surface area contributed by atoms with Crippen LogP contribution in [0.5, 0.6) is 0 Å². The summed E-state index contributed by atoms with van der Waals surface area (Å²) in [6.45, 7) is 4.53. The van der Waals surface area contributed by atoms with Gasteiger partial charge in [0.05, 0.1) is 37.6 Å². The first-order valence-electron chi connectivity index (χ1n) is 19.9. The van der Waals surface area contributed by atoms with Gasteiger partial charge in [-0.05, 0) is 84.4 Å². The minimum Gasteiger partial charge on any atom is -0.302 e. The molecule has 0 bridgehead atoms. The summed E-state index contributed by atoms with van der Waals surface area (Å²) in [5.74, 6) is 0. The fraction of sp³-hybridized carbons (Fsp3) is 1.00. The quantitative estimate of drug-likeness (QED) is 0.0293. The second-order valence-corrected chi connectivity index (χ2v) is 15.4. The highest BCUT2D eigenvalue weighted by Gasteiger charge is 2.23. The first-order valence-corrected chi connectivity index (χ1v) is 21.4. The van der Waals surface area contributed by atoms with E-state index in [-0.39, 0.29) is 37.6 Å². The average molecular weight is 727 g/mol. The Morgan fingerprint density at radius 2 is 0.878 bits per heavy atom. The zero-order chi connectivity index (χ0) is 35.1. The Kier molecular flexibility index (Phi) is 28.7. The lowest BCUT2D eigenvalue weighted by Gasteiger charge is -2.20. The minimum atomic E-state index is -4.20. The number of phosphoric acid groups is 1. The SMILES string of the molecule is CCCCCCCCC(CCCOP(=O)(O)OCCCC(CCCCCCCC)OOOOC1CCCCC1)OOOOC1CCCCC1. The van der Waals surface area contributed by atoms with E-state index in [9.17, 15) is 9.46 Å². The van der Waals surface area contributed by atoms with Crippen molar-refractivity contribution in [3.63, 3.8) is 0 Å². The predicted molar refractivity (Wildman–Crippen MR) is 186 cm³/mol. The Bertz CT molecular complexity index is 708. The number of hydrogen-bond acceptors (Lipinski definition) is 11. The van der Waals surface area contributed by atoms with E-state index < -0.39 is 7.82 Å². The van der Waals surface area contributed by atoms with Gasteiger partial charge in [0.25, 0.3) is 0 Å². The largest absolute Gasteiger partial charge is 0.472 e. The third kappa shape index (κ3) is 26.2. The molecule has 0 aromatic rings. The fourth-order valence-corrected chi connectivity index (χ4v) is 7.21. The van der Waals surface area contributed by atoms with Crippen LogP contribution in [0.3, 0.4) is 0 Å². The van der Waals surface area contributed by atoms with Crippen molar-refractivity contribution in [3.05, 3.63) is 0 Å². The van der Waals surface area contributed by atoms with Gasteiger partial charge in [-0.2, -0.15) is 0 Å². The lowest BCUT2D eigenvalue weighted by Crippen LogP contribution is -2.19. The topological polar surface area (TPSA) is 130 Å². The summed E-state index contributed by atoms with van der Waals surface area (Å²) in [4.78, 5) is 31.9. The molecule has 0 saturated heterocycles. The molecule has 1 N–H and O–H groups in total. The molecule has 0 aromatic heterocycles. The van der Waals surface area contributed by atoms with Crippen LogP contribution >= 0.6 is 7.82 Å². The standard InChI is InChI=1S/C36H71O12P/c1-3-5-7-9-11-15-23-35(43-47-45-41-33-25-17-13-18-26-33)29-21-31-39-49(37,38)40-32-22-30-36(24-16-12-10-8-6-4-2)44-48-46-42-34-27-19-14-20-28-34/h33-36H,3-32H2,1-2H3,(H,37,38). The smallest absolute Gasteiger partial charge is 0.302 e. The molecule has 2 unspecified atom stereocenters. The average Bonchev–Trinajstić information content (AvgIpc) is 3.11. The van der Waals surface area contributed by atoms with Crippen molar-refractivity contribution in [1.82, 2.24) is 0 Å². The molecule has 0 amide bonds. The van der Waals surface area contributed by atoms with Crippen LogP contribution in [-0.2, 0) is 53.3 Å². The number of unbranched alkanes of at least 4 members (excludes halogenated alkanes) is 10. The molecule has 0 heterocycles. The van der Waals surface area contributed by atoms with Crippen LogP contribution in [0.1, 0.15) is 194 Å². The maximum Gasteiger partial charge on any atom is 0.472 e. The van der Waals surface area contributed by atoms with Gasteiger partial charge in [0.15, 0.2) is 0 Å². The molecule has 2 saturated carbocycles. The molecule has 0 spiro atoms. The van der Waals surface area contributed by atoms with E-state index in [0.717, 1.165) is 89.9 Å². The van der Waals surface area contributed by atoms with E-state index >= 15 is 0 Å². The first kappa shape index (κ1) is 44.9. The zero-order valence-electron chi connectivity index (χ0n) is 30.9. The Hall–Kier alpha value is -0.210. The highest BCUT2D eigenvalue weighted by atomic mass is 31.2. The third-order valence-corrected chi connectivity index (χ3v) is 10.5. The minimum absolute atomic E-state index is 0.0353. The number of hydrogen-bond donors (Lipinski definition) is 1. The van der Waals surface area contributed by atoms with Crippen LogP contribution in [0.4, 0.5) is 0 Å². The van der Waals surface area contributed by atoms with Crippen molar-refractivity contribution >= 4 is 7.82 Å². The Balaban J connectivity index is 1.64. The van der Waals surface area contributed by atoms with Crippen molar-refractivity contribution < 1.29 is 58.2 Å². The molecule has 2 aliphatic rings. The lowest BCUT2D eigenvalue weighted by molar-refractivity contribution is -0.650. The van der Waals surface area contributed by atoms with E-state index in [1.54, 1.807) is 0 Å². The van der Waals surface area contributed by atoms with Crippen molar-refractivity contribution in [1.29, 1.82) is 0 Å². The van der Waals surface area contributed by atoms with Gasteiger partial charge in [0, 0.05) is 0 Å². The third-order valence-electron chi connectivity index (χ3n) is 9.47. The van der Waals surface area contributed by atoms with Crippen LogP contribution in [0.2, 0.25) is 0 Å². The molecule has 2 atom stereocenters. The Labute approximate surface area is 297 Å². The summed E-state index contributed by atoms with van der Waals surface area (Å²) in [5.41, 5.74) is 0. The number of rotatable bonds is 34.